The summed E-state index contributed by atoms with van der Waals surface area (Å²) in [5.41, 5.74) is 1.58. The number of hydrogen-bond donors (Lipinski definition) is 1. The first-order valence-electron chi connectivity index (χ1n) is 6.63. The van der Waals surface area contributed by atoms with Crippen LogP contribution in [0.15, 0.2) is 6.07 Å². The second-order valence-electron chi connectivity index (χ2n) is 4.72. The fourth-order valence-corrected chi connectivity index (χ4v) is 3.73. The third kappa shape index (κ3) is 3.12. The minimum absolute atomic E-state index is 0.371. The van der Waals surface area contributed by atoms with Gasteiger partial charge in [-0.15, -0.1) is 23.7 Å². The number of rotatable bonds is 5. The van der Waals surface area contributed by atoms with Gasteiger partial charge in [-0.2, -0.15) is 0 Å². The van der Waals surface area contributed by atoms with Gasteiger partial charge in [-0.3, -0.25) is 0 Å². The second-order valence-corrected chi connectivity index (χ2v) is 5.89. The molecule has 1 atom stereocenters. The first kappa shape index (κ1) is 12.7. The van der Waals surface area contributed by atoms with Crippen LogP contribution in [0.4, 0.5) is 0 Å². The van der Waals surface area contributed by atoms with Crippen molar-refractivity contribution >= 4 is 11.3 Å². The lowest BCUT2D eigenvalue weighted by molar-refractivity contribution is 0.550. The van der Waals surface area contributed by atoms with Gasteiger partial charge in [0, 0.05) is 16.2 Å². The third-order valence-electron chi connectivity index (χ3n) is 3.32. The first-order chi connectivity index (χ1) is 8.35. The summed E-state index contributed by atoms with van der Waals surface area (Å²) in [7, 11) is 0. The fraction of sp³-hybridized carbons (Fsp3) is 0.600. The number of terminal acetylenes is 1. The Bertz CT molecular complexity index is 376. The lowest BCUT2D eigenvalue weighted by Crippen LogP contribution is -2.20. The zero-order valence-corrected chi connectivity index (χ0v) is 11.4. The van der Waals surface area contributed by atoms with Crippen LogP contribution in [0.25, 0.3) is 0 Å². The average molecular weight is 247 g/mol. The Balaban J connectivity index is 2.12. The lowest BCUT2D eigenvalue weighted by atomic mass is 9.98. The highest BCUT2D eigenvalue weighted by molar-refractivity contribution is 7.12. The maximum Gasteiger partial charge on any atom is 0.0525 e. The van der Waals surface area contributed by atoms with E-state index in [2.05, 4.69) is 24.2 Å². The monoisotopic (exact) mass is 247 g/mol. The van der Waals surface area contributed by atoms with Crippen molar-refractivity contribution in [3.8, 4) is 12.3 Å². The summed E-state index contributed by atoms with van der Waals surface area (Å²) in [6.07, 6.45) is 12.7. The average Bonchev–Trinajstić information content (AvgIpc) is 2.78. The highest BCUT2D eigenvalue weighted by Crippen LogP contribution is 2.33. The summed E-state index contributed by atoms with van der Waals surface area (Å²) < 4.78 is 0. The molecular weight excluding hydrogens is 226 g/mol. The van der Waals surface area contributed by atoms with Crippen LogP contribution in [0.5, 0.6) is 0 Å². The molecule has 0 saturated heterocycles. The molecule has 1 N–H and O–H groups in total. The highest BCUT2D eigenvalue weighted by atomic mass is 32.1. The van der Waals surface area contributed by atoms with Crippen molar-refractivity contribution in [1.29, 1.82) is 0 Å². The van der Waals surface area contributed by atoms with Gasteiger partial charge in [-0.25, -0.2) is 0 Å². The molecular formula is C15H21NS. The van der Waals surface area contributed by atoms with Gasteiger partial charge in [-0.1, -0.05) is 6.92 Å². The van der Waals surface area contributed by atoms with Crippen molar-refractivity contribution in [2.45, 2.75) is 51.5 Å². The lowest BCUT2D eigenvalue weighted by Gasteiger charge is -2.13. The van der Waals surface area contributed by atoms with E-state index in [0.29, 0.717) is 6.04 Å². The summed E-state index contributed by atoms with van der Waals surface area (Å²) in [6.45, 7) is 3.24. The molecule has 2 heteroatoms. The molecule has 1 aliphatic rings. The Morgan fingerprint density at radius 2 is 2.29 bits per heavy atom. The van der Waals surface area contributed by atoms with Crippen molar-refractivity contribution in [3.05, 3.63) is 21.4 Å². The van der Waals surface area contributed by atoms with Gasteiger partial charge in [0.15, 0.2) is 0 Å². The van der Waals surface area contributed by atoms with Gasteiger partial charge in [0.25, 0.3) is 0 Å². The Hall–Kier alpha value is -0.780. The molecule has 1 aromatic heterocycles. The standard InChI is InChI=1S/C15H21NS/c1-3-7-13(16-10-4-2)15-11-12-8-5-6-9-14(12)17-15/h1,11,13,16H,4-10H2,2H3. The van der Waals surface area contributed by atoms with E-state index in [1.54, 1.807) is 10.4 Å². The van der Waals surface area contributed by atoms with Crippen LogP contribution in [0.2, 0.25) is 0 Å². The molecule has 17 heavy (non-hydrogen) atoms. The van der Waals surface area contributed by atoms with Crippen molar-refractivity contribution in [2.75, 3.05) is 6.54 Å². The van der Waals surface area contributed by atoms with E-state index in [1.165, 1.54) is 30.6 Å². The number of nitrogens with one attached hydrogen (secondary N) is 1. The minimum atomic E-state index is 0.371. The molecule has 2 rings (SSSR count). The summed E-state index contributed by atoms with van der Waals surface area (Å²) in [5, 5.41) is 3.56. The van der Waals surface area contributed by atoms with Crippen LogP contribution < -0.4 is 5.32 Å². The van der Waals surface area contributed by atoms with Crippen LogP contribution in [0.1, 0.15) is 54.0 Å². The molecule has 1 heterocycles. The Morgan fingerprint density at radius 3 is 3.00 bits per heavy atom. The smallest absolute Gasteiger partial charge is 0.0525 e. The van der Waals surface area contributed by atoms with Gasteiger partial charge in [-0.05, 0) is 50.3 Å². The van der Waals surface area contributed by atoms with E-state index >= 15 is 0 Å². The molecule has 0 radical (unpaired) electrons. The number of aryl methyl sites for hydroxylation is 2. The topological polar surface area (TPSA) is 12.0 Å². The minimum Gasteiger partial charge on any atom is -0.308 e. The van der Waals surface area contributed by atoms with Crippen molar-refractivity contribution in [2.24, 2.45) is 0 Å². The molecule has 0 bridgehead atoms. The molecule has 92 valence electrons. The van der Waals surface area contributed by atoms with Crippen LogP contribution >= 0.6 is 11.3 Å². The summed E-state index contributed by atoms with van der Waals surface area (Å²) in [6, 6.07) is 2.76. The molecule has 1 aromatic rings. The third-order valence-corrected chi connectivity index (χ3v) is 4.67. The highest BCUT2D eigenvalue weighted by Gasteiger charge is 2.18. The van der Waals surface area contributed by atoms with E-state index < -0.39 is 0 Å². The van der Waals surface area contributed by atoms with Gasteiger partial charge in [0.1, 0.15) is 0 Å². The molecule has 0 amide bonds. The molecule has 1 aliphatic carbocycles. The normalized spacial score (nSPS) is 16.2. The second kappa shape index (κ2) is 6.23. The van der Waals surface area contributed by atoms with E-state index in [1.807, 2.05) is 11.3 Å². The van der Waals surface area contributed by atoms with E-state index in [-0.39, 0.29) is 0 Å². The molecule has 0 fully saturated rings. The Kier molecular flexibility index (Phi) is 4.65. The van der Waals surface area contributed by atoms with E-state index in [9.17, 15) is 0 Å². The molecule has 1 nitrogen and oxygen atoms in total. The fourth-order valence-electron chi connectivity index (χ4n) is 2.40. The van der Waals surface area contributed by atoms with Crippen molar-refractivity contribution in [1.82, 2.24) is 5.32 Å². The van der Waals surface area contributed by atoms with Gasteiger partial charge in [0.2, 0.25) is 0 Å². The first-order valence-corrected chi connectivity index (χ1v) is 7.45. The molecule has 0 aromatic carbocycles. The molecule has 0 spiro atoms. The largest absolute Gasteiger partial charge is 0.308 e. The zero-order chi connectivity index (χ0) is 12.1. The van der Waals surface area contributed by atoms with Crippen molar-refractivity contribution in [3.63, 3.8) is 0 Å². The van der Waals surface area contributed by atoms with Crippen LogP contribution in [-0.2, 0) is 12.8 Å². The molecule has 0 saturated carbocycles. The molecule has 0 aliphatic heterocycles. The van der Waals surface area contributed by atoms with Crippen molar-refractivity contribution < 1.29 is 0 Å². The predicted molar refractivity (Wildman–Crippen MR) is 75.4 cm³/mol. The maximum atomic E-state index is 5.48. The van der Waals surface area contributed by atoms with Crippen LogP contribution in [-0.4, -0.2) is 6.54 Å². The Morgan fingerprint density at radius 1 is 1.47 bits per heavy atom. The summed E-state index contributed by atoms with van der Waals surface area (Å²) >= 11 is 1.98. The van der Waals surface area contributed by atoms with Gasteiger partial charge < -0.3 is 5.32 Å². The van der Waals surface area contributed by atoms with Crippen LogP contribution in [0.3, 0.4) is 0 Å². The Labute approximate surface area is 109 Å². The summed E-state index contributed by atoms with van der Waals surface area (Å²) in [5.74, 6) is 2.80. The quantitative estimate of drug-likeness (QED) is 0.782. The van der Waals surface area contributed by atoms with Gasteiger partial charge in [0.05, 0.1) is 6.04 Å². The van der Waals surface area contributed by atoms with E-state index in [0.717, 1.165) is 19.4 Å². The molecule has 1 unspecified atom stereocenters. The maximum absolute atomic E-state index is 5.48. The SMILES string of the molecule is C#CCC(NCCC)c1cc2c(s1)CCCC2. The zero-order valence-electron chi connectivity index (χ0n) is 10.6. The van der Waals surface area contributed by atoms with Gasteiger partial charge >= 0.3 is 0 Å². The van der Waals surface area contributed by atoms with E-state index in [4.69, 9.17) is 6.42 Å². The number of hydrogen-bond acceptors (Lipinski definition) is 2. The van der Waals surface area contributed by atoms with Crippen LogP contribution in [0, 0.1) is 12.3 Å². The number of thiophene rings is 1. The predicted octanol–water partition coefficient (Wildman–Crippen LogP) is 3.69. The summed E-state index contributed by atoms with van der Waals surface area (Å²) in [4.78, 5) is 3.05. The number of fused-ring (bicyclic) bond motifs is 1.